The molecular weight excluding hydrogens is 146 g/mol. The van der Waals surface area contributed by atoms with Gasteiger partial charge in [0.05, 0.1) is 0 Å². The second-order valence-electron chi connectivity index (χ2n) is 2.69. The van der Waals surface area contributed by atoms with E-state index in [2.05, 4.69) is 0 Å². The van der Waals surface area contributed by atoms with Crippen LogP contribution in [0.4, 0.5) is 0 Å². The Morgan fingerprint density at radius 3 is 2.45 bits per heavy atom. The lowest BCUT2D eigenvalue weighted by Gasteiger charge is -2.15. The first-order chi connectivity index (χ1) is 5.11. The summed E-state index contributed by atoms with van der Waals surface area (Å²) in [5, 5.41) is 0. The van der Waals surface area contributed by atoms with E-state index >= 15 is 0 Å². The van der Waals surface area contributed by atoms with E-state index in [0.717, 1.165) is 0 Å². The fraction of sp³-hybridized carbons (Fsp3) is 0.571. The Hall–Kier alpha value is -1.19. The van der Waals surface area contributed by atoms with Crippen LogP contribution in [0.5, 0.6) is 0 Å². The monoisotopic (exact) mass is 155 g/mol. The Bertz CT molecular complexity index is 222. The molecule has 0 heterocycles. The zero-order valence-electron chi connectivity index (χ0n) is 6.00. The Morgan fingerprint density at radius 2 is 2.00 bits per heavy atom. The normalized spacial score (nSPS) is 25.3. The van der Waals surface area contributed by atoms with Crippen LogP contribution in [0.2, 0.25) is 0 Å². The first-order valence-corrected chi connectivity index (χ1v) is 3.46. The van der Waals surface area contributed by atoms with Crippen molar-refractivity contribution in [2.75, 3.05) is 0 Å². The smallest absolute Gasteiger partial charge is 0.221 e. The highest BCUT2D eigenvalue weighted by Crippen LogP contribution is 2.18. The minimum absolute atomic E-state index is 0.00810. The van der Waals surface area contributed by atoms with E-state index in [1.54, 1.807) is 0 Å². The van der Waals surface area contributed by atoms with E-state index in [4.69, 9.17) is 5.73 Å². The van der Waals surface area contributed by atoms with Crippen LogP contribution in [0, 0.1) is 5.92 Å². The Kier molecular flexibility index (Phi) is 2.03. The van der Waals surface area contributed by atoms with Crippen LogP contribution < -0.4 is 5.73 Å². The molecule has 0 saturated heterocycles. The molecule has 1 unspecified atom stereocenters. The van der Waals surface area contributed by atoms with Gasteiger partial charge in [-0.25, -0.2) is 0 Å². The van der Waals surface area contributed by atoms with Gasteiger partial charge in [0.2, 0.25) is 5.91 Å². The molecule has 0 aliphatic heterocycles. The maximum atomic E-state index is 10.8. The van der Waals surface area contributed by atoms with Crippen molar-refractivity contribution >= 4 is 17.5 Å². The lowest BCUT2D eigenvalue weighted by molar-refractivity contribution is -0.140. The average Bonchev–Trinajstić information content (AvgIpc) is 1.94. The van der Waals surface area contributed by atoms with Gasteiger partial charge in [-0.05, 0) is 6.42 Å². The van der Waals surface area contributed by atoms with Crippen LogP contribution in [0.1, 0.15) is 19.3 Å². The summed E-state index contributed by atoms with van der Waals surface area (Å²) >= 11 is 0. The lowest BCUT2D eigenvalue weighted by Crippen LogP contribution is -2.33. The van der Waals surface area contributed by atoms with Crippen LogP contribution in [-0.4, -0.2) is 17.5 Å². The number of carbonyl (C=O) groups excluding carboxylic acids is 3. The summed E-state index contributed by atoms with van der Waals surface area (Å²) in [7, 11) is 0. The molecule has 1 amide bonds. The molecule has 1 rings (SSSR count). The third-order valence-electron chi connectivity index (χ3n) is 1.87. The maximum absolute atomic E-state index is 10.8. The predicted molar refractivity (Wildman–Crippen MR) is 36.5 cm³/mol. The molecule has 0 radical (unpaired) electrons. The summed E-state index contributed by atoms with van der Waals surface area (Å²) in [5.74, 6) is -1.73. The van der Waals surface area contributed by atoms with Crippen molar-refractivity contribution < 1.29 is 14.4 Å². The van der Waals surface area contributed by atoms with Gasteiger partial charge >= 0.3 is 0 Å². The number of hydrogen-bond donors (Lipinski definition) is 1. The highest BCUT2D eigenvalue weighted by atomic mass is 16.2. The van der Waals surface area contributed by atoms with Gasteiger partial charge in [-0.3, -0.25) is 14.4 Å². The topological polar surface area (TPSA) is 77.2 Å². The molecule has 1 atom stereocenters. The number of rotatable bonds is 1. The Labute approximate surface area is 63.7 Å². The molecule has 0 bridgehead atoms. The summed E-state index contributed by atoms with van der Waals surface area (Å²) < 4.78 is 0. The fourth-order valence-corrected chi connectivity index (χ4v) is 1.13. The third kappa shape index (κ3) is 1.63. The first-order valence-electron chi connectivity index (χ1n) is 3.46. The van der Waals surface area contributed by atoms with Crippen molar-refractivity contribution in [1.82, 2.24) is 0 Å². The SMILES string of the molecule is NC(=O)C1CCC(=O)C(=O)C1. The van der Waals surface area contributed by atoms with E-state index in [1.807, 2.05) is 0 Å². The molecule has 2 N–H and O–H groups in total. The number of hydrogen-bond acceptors (Lipinski definition) is 3. The number of ketones is 2. The molecule has 4 nitrogen and oxygen atoms in total. The van der Waals surface area contributed by atoms with Gasteiger partial charge in [0.1, 0.15) is 0 Å². The van der Waals surface area contributed by atoms with Gasteiger partial charge in [-0.2, -0.15) is 0 Å². The van der Waals surface area contributed by atoms with Crippen LogP contribution in [-0.2, 0) is 14.4 Å². The van der Waals surface area contributed by atoms with Gasteiger partial charge in [0.15, 0.2) is 11.6 Å². The summed E-state index contributed by atoms with van der Waals surface area (Å²) in [6, 6.07) is 0. The molecule has 0 spiro atoms. The zero-order valence-corrected chi connectivity index (χ0v) is 6.00. The van der Waals surface area contributed by atoms with Gasteiger partial charge < -0.3 is 5.73 Å². The minimum Gasteiger partial charge on any atom is -0.369 e. The first kappa shape index (κ1) is 7.91. The van der Waals surface area contributed by atoms with E-state index in [9.17, 15) is 14.4 Å². The van der Waals surface area contributed by atoms with E-state index in [1.165, 1.54) is 0 Å². The third-order valence-corrected chi connectivity index (χ3v) is 1.87. The summed E-state index contributed by atoms with van der Waals surface area (Å²) in [5.41, 5.74) is 4.97. The number of primary amides is 1. The standard InChI is InChI=1S/C7H9NO3/c8-7(11)4-1-2-5(9)6(10)3-4/h4H,1-3H2,(H2,8,11). The molecule has 60 valence electrons. The van der Waals surface area contributed by atoms with Crippen LogP contribution in [0.3, 0.4) is 0 Å². The van der Waals surface area contributed by atoms with Crippen LogP contribution in [0.25, 0.3) is 0 Å². The predicted octanol–water partition coefficient (Wildman–Crippen LogP) is -0.590. The van der Waals surface area contributed by atoms with Crippen molar-refractivity contribution in [1.29, 1.82) is 0 Å². The second kappa shape index (κ2) is 2.82. The number of carbonyl (C=O) groups is 3. The Morgan fingerprint density at radius 1 is 1.36 bits per heavy atom. The quantitative estimate of drug-likeness (QED) is 0.514. The summed E-state index contributed by atoms with van der Waals surface area (Å²) in [4.78, 5) is 32.0. The maximum Gasteiger partial charge on any atom is 0.221 e. The molecule has 0 aromatic heterocycles. The molecule has 1 saturated carbocycles. The molecule has 0 aromatic carbocycles. The van der Waals surface area contributed by atoms with Gasteiger partial charge in [0, 0.05) is 18.8 Å². The van der Waals surface area contributed by atoms with E-state index in [0.29, 0.717) is 6.42 Å². The fourth-order valence-electron chi connectivity index (χ4n) is 1.13. The number of amides is 1. The van der Waals surface area contributed by atoms with Crippen molar-refractivity contribution in [2.24, 2.45) is 11.7 Å². The minimum atomic E-state index is -0.481. The average molecular weight is 155 g/mol. The Balaban J connectivity index is 2.60. The highest BCUT2D eigenvalue weighted by Gasteiger charge is 2.29. The molecule has 4 heteroatoms. The van der Waals surface area contributed by atoms with Gasteiger partial charge in [-0.1, -0.05) is 0 Å². The van der Waals surface area contributed by atoms with Gasteiger partial charge in [0.25, 0.3) is 0 Å². The summed E-state index contributed by atoms with van der Waals surface area (Å²) in [6.45, 7) is 0. The largest absolute Gasteiger partial charge is 0.369 e. The van der Waals surface area contributed by atoms with Crippen molar-refractivity contribution in [3.8, 4) is 0 Å². The van der Waals surface area contributed by atoms with Crippen molar-refractivity contribution in [2.45, 2.75) is 19.3 Å². The molecule has 0 aromatic rings. The van der Waals surface area contributed by atoms with Crippen molar-refractivity contribution in [3.05, 3.63) is 0 Å². The molecular formula is C7H9NO3. The molecule has 11 heavy (non-hydrogen) atoms. The van der Waals surface area contributed by atoms with E-state index < -0.39 is 17.6 Å². The van der Waals surface area contributed by atoms with Crippen LogP contribution in [0.15, 0.2) is 0 Å². The molecule has 1 aliphatic carbocycles. The van der Waals surface area contributed by atoms with E-state index in [-0.39, 0.29) is 18.6 Å². The number of nitrogens with two attached hydrogens (primary N) is 1. The van der Waals surface area contributed by atoms with Crippen molar-refractivity contribution in [3.63, 3.8) is 0 Å². The van der Waals surface area contributed by atoms with Crippen LogP contribution >= 0.6 is 0 Å². The molecule has 1 aliphatic rings. The van der Waals surface area contributed by atoms with Gasteiger partial charge in [-0.15, -0.1) is 0 Å². The molecule has 1 fully saturated rings. The summed E-state index contributed by atoms with van der Waals surface area (Å²) in [6.07, 6.45) is 0.612. The number of Topliss-reactive ketones (excluding diaryl/α,β-unsaturated/α-hetero) is 2. The highest BCUT2D eigenvalue weighted by molar-refractivity contribution is 6.38. The zero-order chi connectivity index (χ0) is 8.43. The second-order valence-corrected chi connectivity index (χ2v) is 2.69. The lowest BCUT2D eigenvalue weighted by atomic mass is 9.87.